The molecule has 1 saturated carbocycles. The van der Waals surface area contributed by atoms with Crippen LogP contribution in [0.4, 0.5) is 0 Å². The van der Waals surface area contributed by atoms with Gasteiger partial charge >= 0.3 is 0 Å². The number of nitrogens with zero attached hydrogens (tertiary/aromatic N) is 3. The number of nitrogens with one attached hydrogen (secondary N) is 1. The minimum Gasteiger partial charge on any atom is -0.350 e. The molecule has 5 nitrogen and oxygen atoms in total. The van der Waals surface area contributed by atoms with Gasteiger partial charge in [-0.1, -0.05) is 53.7 Å². The van der Waals surface area contributed by atoms with E-state index in [1.54, 1.807) is 0 Å². The van der Waals surface area contributed by atoms with Gasteiger partial charge in [-0.05, 0) is 37.0 Å². The Morgan fingerprint density at radius 2 is 1.72 bits per heavy atom. The highest BCUT2D eigenvalue weighted by atomic mass is 16.2. The van der Waals surface area contributed by atoms with E-state index in [4.69, 9.17) is 0 Å². The van der Waals surface area contributed by atoms with Crippen molar-refractivity contribution in [2.24, 2.45) is 0 Å². The van der Waals surface area contributed by atoms with Crippen LogP contribution in [0.2, 0.25) is 0 Å². The standard InChI is InChI=1S/C20H20N4O/c25-20(21-14-13-15-7-3-1-4-8-15)18-19(16-11-12-16)24(23-22-18)17-9-5-2-6-10-17/h1-10,16H,11-14H2,(H,21,25). The summed E-state index contributed by atoms with van der Waals surface area (Å²) in [6.07, 6.45) is 2.98. The molecule has 1 fully saturated rings. The maximum Gasteiger partial charge on any atom is 0.273 e. The van der Waals surface area contributed by atoms with Crippen LogP contribution in [0.1, 0.15) is 40.5 Å². The van der Waals surface area contributed by atoms with Gasteiger partial charge in [0.1, 0.15) is 0 Å². The fourth-order valence-electron chi connectivity index (χ4n) is 2.98. The third-order valence-electron chi connectivity index (χ3n) is 4.43. The Morgan fingerprint density at radius 3 is 2.40 bits per heavy atom. The monoisotopic (exact) mass is 332 g/mol. The highest BCUT2D eigenvalue weighted by Crippen LogP contribution is 2.41. The van der Waals surface area contributed by atoms with Crippen LogP contribution >= 0.6 is 0 Å². The molecular formula is C20H20N4O. The van der Waals surface area contributed by atoms with Gasteiger partial charge in [0.15, 0.2) is 5.69 Å². The minimum absolute atomic E-state index is 0.139. The summed E-state index contributed by atoms with van der Waals surface area (Å²) in [6, 6.07) is 20.0. The van der Waals surface area contributed by atoms with Gasteiger partial charge in [-0.15, -0.1) is 5.10 Å². The first-order chi connectivity index (χ1) is 12.3. The van der Waals surface area contributed by atoms with Crippen molar-refractivity contribution in [2.45, 2.75) is 25.2 Å². The molecule has 0 atom stereocenters. The van der Waals surface area contributed by atoms with Crippen molar-refractivity contribution >= 4 is 5.91 Å². The van der Waals surface area contributed by atoms with Crippen LogP contribution < -0.4 is 5.32 Å². The molecular weight excluding hydrogens is 312 g/mol. The fraction of sp³-hybridized carbons (Fsp3) is 0.250. The third kappa shape index (κ3) is 3.45. The molecule has 3 aromatic rings. The number of rotatable bonds is 6. The fourth-order valence-corrected chi connectivity index (χ4v) is 2.98. The van der Waals surface area contributed by atoms with Crippen molar-refractivity contribution in [1.29, 1.82) is 0 Å². The van der Waals surface area contributed by atoms with Gasteiger partial charge in [0.05, 0.1) is 11.4 Å². The number of carbonyl (C=O) groups excluding carboxylic acids is 1. The molecule has 2 aromatic carbocycles. The van der Waals surface area contributed by atoms with Gasteiger partial charge in [-0.2, -0.15) is 0 Å². The second kappa shape index (κ2) is 6.89. The first-order valence-electron chi connectivity index (χ1n) is 8.66. The lowest BCUT2D eigenvalue weighted by Crippen LogP contribution is -2.27. The molecule has 1 N–H and O–H groups in total. The molecule has 126 valence electrons. The van der Waals surface area contributed by atoms with Gasteiger partial charge in [0.25, 0.3) is 5.91 Å². The molecule has 1 aromatic heterocycles. The summed E-state index contributed by atoms with van der Waals surface area (Å²) in [6.45, 7) is 0.588. The molecule has 0 aliphatic heterocycles. The maximum atomic E-state index is 12.6. The van der Waals surface area contributed by atoms with Crippen molar-refractivity contribution in [1.82, 2.24) is 20.3 Å². The van der Waals surface area contributed by atoms with Crippen LogP contribution in [-0.4, -0.2) is 27.4 Å². The zero-order chi connectivity index (χ0) is 17.1. The SMILES string of the molecule is O=C(NCCc1ccccc1)c1nnn(-c2ccccc2)c1C1CC1. The molecule has 1 heterocycles. The second-order valence-electron chi connectivity index (χ2n) is 6.34. The Kier molecular flexibility index (Phi) is 4.29. The summed E-state index contributed by atoms with van der Waals surface area (Å²) >= 11 is 0. The van der Waals surface area contributed by atoms with Gasteiger partial charge < -0.3 is 5.32 Å². The molecule has 0 unspecified atom stereocenters. The smallest absolute Gasteiger partial charge is 0.273 e. The van der Waals surface area contributed by atoms with Crippen LogP contribution in [0.15, 0.2) is 60.7 Å². The summed E-state index contributed by atoms with van der Waals surface area (Å²) in [4.78, 5) is 12.6. The Hall–Kier alpha value is -2.95. The van der Waals surface area contributed by atoms with Crippen LogP contribution in [0.3, 0.4) is 0 Å². The van der Waals surface area contributed by atoms with Gasteiger partial charge in [-0.3, -0.25) is 4.79 Å². The normalized spacial score (nSPS) is 13.6. The number of benzene rings is 2. The molecule has 0 spiro atoms. The molecule has 0 radical (unpaired) electrons. The second-order valence-corrected chi connectivity index (χ2v) is 6.34. The average molecular weight is 332 g/mol. The Balaban J connectivity index is 1.50. The average Bonchev–Trinajstić information content (AvgIpc) is 3.41. The lowest BCUT2D eigenvalue weighted by molar-refractivity contribution is 0.0948. The predicted octanol–water partition coefficient (Wildman–Crippen LogP) is 3.12. The first-order valence-corrected chi connectivity index (χ1v) is 8.66. The Morgan fingerprint density at radius 1 is 1.04 bits per heavy atom. The van der Waals surface area contributed by atoms with E-state index in [1.807, 2.05) is 53.2 Å². The molecule has 1 amide bonds. The van der Waals surface area contributed by atoms with E-state index in [0.717, 1.165) is 30.6 Å². The van der Waals surface area contributed by atoms with Crippen molar-refractivity contribution in [3.8, 4) is 5.69 Å². The molecule has 1 aliphatic carbocycles. The minimum atomic E-state index is -0.139. The number of amides is 1. The van der Waals surface area contributed by atoms with Gasteiger partial charge in [0, 0.05) is 12.5 Å². The molecule has 4 rings (SSSR count). The van der Waals surface area contributed by atoms with Crippen molar-refractivity contribution in [3.05, 3.63) is 77.6 Å². The lowest BCUT2D eigenvalue weighted by atomic mass is 10.1. The summed E-state index contributed by atoms with van der Waals surface area (Å²) in [5.41, 5.74) is 3.54. The molecule has 1 aliphatic rings. The topological polar surface area (TPSA) is 59.8 Å². The summed E-state index contributed by atoms with van der Waals surface area (Å²) in [7, 11) is 0. The zero-order valence-corrected chi connectivity index (χ0v) is 13.9. The Labute approximate surface area is 146 Å². The number of hydrogen-bond donors (Lipinski definition) is 1. The van der Waals surface area contributed by atoms with E-state index in [9.17, 15) is 4.79 Å². The zero-order valence-electron chi connectivity index (χ0n) is 13.9. The summed E-state index contributed by atoms with van der Waals surface area (Å²) in [5.74, 6) is 0.241. The van der Waals surface area contributed by atoms with Crippen molar-refractivity contribution < 1.29 is 4.79 Å². The van der Waals surface area contributed by atoms with Gasteiger partial charge in [-0.25, -0.2) is 4.68 Å². The maximum absolute atomic E-state index is 12.6. The summed E-state index contributed by atoms with van der Waals surface area (Å²) < 4.78 is 1.81. The van der Waals surface area contributed by atoms with E-state index < -0.39 is 0 Å². The van der Waals surface area contributed by atoms with Crippen LogP contribution in [-0.2, 0) is 6.42 Å². The van der Waals surface area contributed by atoms with E-state index >= 15 is 0 Å². The lowest BCUT2D eigenvalue weighted by Gasteiger charge is -2.07. The number of carbonyl (C=O) groups is 1. The molecule has 5 heteroatoms. The number of para-hydroxylation sites is 1. The molecule has 0 saturated heterocycles. The highest BCUT2D eigenvalue weighted by Gasteiger charge is 2.34. The van der Waals surface area contributed by atoms with Crippen molar-refractivity contribution in [3.63, 3.8) is 0 Å². The highest BCUT2D eigenvalue weighted by molar-refractivity contribution is 5.93. The number of hydrogen-bond acceptors (Lipinski definition) is 3. The van der Waals surface area contributed by atoms with Crippen LogP contribution in [0, 0.1) is 0 Å². The van der Waals surface area contributed by atoms with E-state index in [2.05, 4.69) is 27.8 Å². The van der Waals surface area contributed by atoms with Gasteiger partial charge in [0.2, 0.25) is 0 Å². The van der Waals surface area contributed by atoms with E-state index in [1.165, 1.54) is 5.56 Å². The third-order valence-corrected chi connectivity index (χ3v) is 4.43. The Bertz CT molecular complexity index is 854. The molecule has 0 bridgehead atoms. The summed E-state index contributed by atoms with van der Waals surface area (Å²) in [5, 5.41) is 11.4. The molecule has 25 heavy (non-hydrogen) atoms. The first kappa shape index (κ1) is 15.6. The van der Waals surface area contributed by atoms with E-state index in [-0.39, 0.29) is 5.91 Å². The van der Waals surface area contributed by atoms with Crippen molar-refractivity contribution in [2.75, 3.05) is 6.54 Å². The largest absolute Gasteiger partial charge is 0.350 e. The van der Waals surface area contributed by atoms with E-state index in [0.29, 0.717) is 18.2 Å². The predicted molar refractivity (Wildman–Crippen MR) is 95.8 cm³/mol. The van der Waals surface area contributed by atoms with Crippen LogP contribution in [0.5, 0.6) is 0 Å². The van der Waals surface area contributed by atoms with Crippen LogP contribution in [0.25, 0.3) is 5.69 Å². The quantitative estimate of drug-likeness (QED) is 0.754. The number of aromatic nitrogens is 3.